The number of fused-ring (bicyclic) bond motifs is 1. The molecule has 2 rings (SSSR count). The molecular formula is C6H5IN4O. The van der Waals surface area contributed by atoms with Gasteiger partial charge in [0.1, 0.15) is 15.4 Å². The Bertz CT molecular complexity index is 413. The van der Waals surface area contributed by atoms with Crippen molar-refractivity contribution in [1.29, 1.82) is 0 Å². The van der Waals surface area contributed by atoms with Gasteiger partial charge >= 0.3 is 0 Å². The third-order valence-electron chi connectivity index (χ3n) is 1.47. The summed E-state index contributed by atoms with van der Waals surface area (Å²) in [5, 5.41) is 7.60. The molecule has 0 fully saturated rings. The highest BCUT2D eigenvalue weighted by Crippen LogP contribution is 2.23. The van der Waals surface area contributed by atoms with Crippen LogP contribution in [0.15, 0.2) is 6.33 Å². The minimum absolute atomic E-state index is 0.554. The summed E-state index contributed by atoms with van der Waals surface area (Å²) < 4.78 is 5.94. The highest BCUT2D eigenvalue weighted by molar-refractivity contribution is 14.1. The lowest BCUT2D eigenvalue weighted by atomic mass is 10.4. The molecule has 0 aliphatic heterocycles. The number of aromatic nitrogens is 4. The second-order valence-electron chi connectivity index (χ2n) is 2.12. The van der Waals surface area contributed by atoms with E-state index >= 15 is 0 Å². The molecule has 2 aromatic rings. The Labute approximate surface area is 81.7 Å². The minimum Gasteiger partial charge on any atom is -0.480 e. The Hall–Kier alpha value is -0.920. The average molecular weight is 276 g/mol. The summed E-state index contributed by atoms with van der Waals surface area (Å²) in [4.78, 5) is 7.93. The predicted octanol–water partition coefficient (Wildman–Crippen LogP) is 0.966. The van der Waals surface area contributed by atoms with Gasteiger partial charge in [-0.25, -0.2) is 9.97 Å². The number of ether oxygens (including phenoxy) is 1. The fourth-order valence-electron chi connectivity index (χ4n) is 0.950. The van der Waals surface area contributed by atoms with E-state index in [1.165, 1.54) is 6.33 Å². The molecule has 0 unspecified atom stereocenters. The van der Waals surface area contributed by atoms with Gasteiger partial charge in [0.15, 0.2) is 5.65 Å². The molecule has 0 amide bonds. The zero-order valence-corrected chi connectivity index (χ0v) is 8.36. The molecule has 2 aromatic heterocycles. The molecule has 6 heteroatoms. The fraction of sp³-hybridized carbons (Fsp3) is 0.167. The number of hydrogen-bond donors (Lipinski definition) is 1. The van der Waals surface area contributed by atoms with Crippen molar-refractivity contribution in [3.63, 3.8) is 0 Å². The van der Waals surface area contributed by atoms with Crippen LogP contribution in [-0.2, 0) is 0 Å². The van der Waals surface area contributed by atoms with Crippen LogP contribution in [-0.4, -0.2) is 27.3 Å². The van der Waals surface area contributed by atoms with E-state index in [0.717, 1.165) is 9.09 Å². The van der Waals surface area contributed by atoms with Gasteiger partial charge in [-0.05, 0) is 22.6 Å². The maximum absolute atomic E-state index is 5.05. The summed E-state index contributed by atoms with van der Waals surface area (Å²) >= 11 is 2.12. The fourth-order valence-corrected chi connectivity index (χ4v) is 1.54. The molecule has 0 spiro atoms. The van der Waals surface area contributed by atoms with Crippen LogP contribution in [0.2, 0.25) is 0 Å². The van der Waals surface area contributed by atoms with Crippen LogP contribution in [0.5, 0.6) is 5.88 Å². The van der Waals surface area contributed by atoms with Crippen LogP contribution >= 0.6 is 22.6 Å². The monoisotopic (exact) mass is 276 g/mol. The van der Waals surface area contributed by atoms with Gasteiger partial charge in [0.05, 0.1) is 7.11 Å². The quantitative estimate of drug-likeness (QED) is 0.788. The highest BCUT2D eigenvalue weighted by Gasteiger charge is 2.09. The van der Waals surface area contributed by atoms with Gasteiger partial charge in [-0.3, -0.25) is 5.10 Å². The Morgan fingerprint density at radius 1 is 1.50 bits per heavy atom. The molecular weight excluding hydrogens is 271 g/mol. The molecule has 0 aliphatic carbocycles. The van der Waals surface area contributed by atoms with Gasteiger partial charge < -0.3 is 4.74 Å². The summed E-state index contributed by atoms with van der Waals surface area (Å²) in [6.07, 6.45) is 1.43. The average Bonchev–Trinajstić information content (AvgIpc) is 2.48. The van der Waals surface area contributed by atoms with Crippen LogP contribution in [0.3, 0.4) is 0 Å². The van der Waals surface area contributed by atoms with Crippen LogP contribution in [0.1, 0.15) is 0 Å². The van der Waals surface area contributed by atoms with E-state index in [2.05, 4.69) is 42.8 Å². The summed E-state index contributed by atoms with van der Waals surface area (Å²) in [5.74, 6) is 0.554. The van der Waals surface area contributed by atoms with Crippen LogP contribution in [0.4, 0.5) is 0 Å². The molecule has 1 N–H and O–H groups in total. The lowest BCUT2D eigenvalue weighted by molar-refractivity contribution is 0.402. The molecule has 0 saturated carbocycles. The molecule has 62 valence electrons. The number of halogens is 1. The van der Waals surface area contributed by atoms with Crippen LogP contribution in [0.25, 0.3) is 11.0 Å². The third-order valence-corrected chi connectivity index (χ3v) is 2.25. The van der Waals surface area contributed by atoms with Gasteiger partial charge in [0.2, 0.25) is 5.88 Å². The van der Waals surface area contributed by atoms with E-state index in [0.29, 0.717) is 11.5 Å². The van der Waals surface area contributed by atoms with Crippen molar-refractivity contribution < 1.29 is 4.74 Å². The van der Waals surface area contributed by atoms with Crippen LogP contribution in [0, 0.1) is 3.70 Å². The summed E-state index contributed by atoms with van der Waals surface area (Å²) in [7, 11) is 1.57. The number of nitrogens with one attached hydrogen (secondary N) is 1. The standard InChI is InChI=1S/C6H5IN4O/c1-12-6-3-4(7)10-11-5(3)8-2-9-6/h2H,1H3,(H,8,9,10,11). The number of nitrogens with zero attached hydrogens (tertiary/aromatic N) is 3. The largest absolute Gasteiger partial charge is 0.480 e. The Morgan fingerprint density at radius 2 is 2.33 bits per heavy atom. The van der Waals surface area contributed by atoms with Gasteiger partial charge in [-0.1, -0.05) is 0 Å². The molecule has 0 aliphatic rings. The zero-order valence-electron chi connectivity index (χ0n) is 6.21. The molecule has 0 aromatic carbocycles. The number of aromatic amines is 1. The van der Waals surface area contributed by atoms with E-state index in [9.17, 15) is 0 Å². The lowest BCUT2D eigenvalue weighted by Crippen LogP contribution is -1.89. The SMILES string of the molecule is COc1ncnc2n[nH]c(I)c12. The van der Waals surface area contributed by atoms with E-state index in [-0.39, 0.29) is 0 Å². The summed E-state index contributed by atoms with van der Waals surface area (Å²) in [6.45, 7) is 0. The highest BCUT2D eigenvalue weighted by atomic mass is 127. The number of rotatable bonds is 1. The summed E-state index contributed by atoms with van der Waals surface area (Å²) in [6, 6.07) is 0. The first-order valence-electron chi connectivity index (χ1n) is 3.21. The van der Waals surface area contributed by atoms with Crippen molar-refractivity contribution in [2.24, 2.45) is 0 Å². The topological polar surface area (TPSA) is 63.7 Å². The van der Waals surface area contributed by atoms with Crippen molar-refractivity contribution >= 4 is 33.6 Å². The molecule has 0 radical (unpaired) electrons. The van der Waals surface area contributed by atoms with Crippen LogP contribution < -0.4 is 4.74 Å². The van der Waals surface area contributed by atoms with Crippen molar-refractivity contribution in [3.05, 3.63) is 10.0 Å². The first-order valence-corrected chi connectivity index (χ1v) is 4.29. The van der Waals surface area contributed by atoms with E-state index < -0.39 is 0 Å². The van der Waals surface area contributed by atoms with E-state index in [1.807, 2.05) is 0 Å². The normalized spacial score (nSPS) is 10.5. The van der Waals surface area contributed by atoms with E-state index in [1.54, 1.807) is 7.11 Å². The first-order chi connectivity index (χ1) is 5.83. The zero-order chi connectivity index (χ0) is 8.55. The molecule has 0 atom stereocenters. The predicted molar refractivity (Wildman–Crippen MR) is 51.0 cm³/mol. The number of H-pyrrole nitrogens is 1. The molecule has 12 heavy (non-hydrogen) atoms. The van der Waals surface area contributed by atoms with Crippen molar-refractivity contribution in [3.8, 4) is 5.88 Å². The minimum atomic E-state index is 0.554. The third kappa shape index (κ3) is 1.02. The van der Waals surface area contributed by atoms with E-state index in [4.69, 9.17) is 4.74 Å². The van der Waals surface area contributed by atoms with Gasteiger partial charge in [-0.2, -0.15) is 5.10 Å². The molecule has 2 heterocycles. The molecule has 0 bridgehead atoms. The second-order valence-corrected chi connectivity index (χ2v) is 3.20. The smallest absolute Gasteiger partial charge is 0.228 e. The molecule has 0 saturated heterocycles. The maximum atomic E-state index is 5.05. The van der Waals surface area contributed by atoms with Gasteiger partial charge in [0, 0.05) is 0 Å². The number of methoxy groups -OCH3 is 1. The van der Waals surface area contributed by atoms with Gasteiger partial charge in [-0.15, -0.1) is 0 Å². The van der Waals surface area contributed by atoms with Crippen molar-refractivity contribution in [2.75, 3.05) is 7.11 Å². The first kappa shape index (κ1) is 7.71. The summed E-state index contributed by atoms with van der Waals surface area (Å²) in [5.41, 5.74) is 0.631. The van der Waals surface area contributed by atoms with Crippen molar-refractivity contribution in [1.82, 2.24) is 20.2 Å². The Balaban J connectivity index is 2.84. The number of hydrogen-bond acceptors (Lipinski definition) is 4. The Morgan fingerprint density at radius 3 is 3.08 bits per heavy atom. The lowest BCUT2D eigenvalue weighted by Gasteiger charge is -1.97. The van der Waals surface area contributed by atoms with Crippen molar-refractivity contribution in [2.45, 2.75) is 0 Å². The maximum Gasteiger partial charge on any atom is 0.228 e. The molecule has 5 nitrogen and oxygen atoms in total. The second kappa shape index (κ2) is 2.85. The van der Waals surface area contributed by atoms with Gasteiger partial charge in [0.25, 0.3) is 0 Å². The Kier molecular flexibility index (Phi) is 1.83.